The normalized spacial score (nSPS) is 13.7. The number of hydrogen-bond donors (Lipinski definition) is 4. The second-order valence-electron chi connectivity index (χ2n) is 7.94. The van der Waals surface area contributed by atoms with Crippen molar-refractivity contribution in [1.29, 1.82) is 0 Å². The summed E-state index contributed by atoms with van der Waals surface area (Å²) in [5.41, 5.74) is 4.18. The molecule has 1 fully saturated rings. The van der Waals surface area contributed by atoms with Crippen LogP contribution in [0.2, 0.25) is 0 Å². The Morgan fingerprint density at radius 1 is 1.06 bits per heavy atom. The number of anilines is 1. The summed E-state index contributed by atoms with van der Waals surface area (Å²) in [4.78, 5) is 30.2. The highest BCUT2D eigenvalue weighted by Gasteiger charge is 2.17. The lowest BCUT2D eigenvalue weighted by atomic mass is 10.1. The monoisotopic (exact) mass is 443 g/mol. The van der Waals surface area contributed by atoms with E-state index < -0.39 is 11.7 Å². The summed E-state index contributed by atoms with van der Waals surface area (Å²) in [6.45, 7) is 1.03. The van der Waals surface area contributed by atoms with Gasteiger partial charge in [-0.1, -0.05) is 31.0 Å². The molecular weight excluding hydrogens is 413 g/mol. The Morgan fingerprint density at radius 2 is 1.84 bits per heavy atom. The third kappa shape index (κ3) is 6.77. The molecule has 0 spiro atoms. The van der Waals surface area contributed by atoms with Crippen LogP contribution in [0.5, 0.6) is 0 Å². The number of aliphatic hydroxyl groups is 1. The fraction of sp³-hybridized carbons (Fsp3) is 0.417. The number of hydrogen-bond acceptors (Lipinski definition) is 5. The Kier molecular flexibility index (Phi) is 9.01. The first-order chi connectivity index (χ1) is 15.6. The van der Waals surface area contributed by atoms with Crippen molar-refractivity contribution in [3.63, 3.8) is 0 Å². The Bertz CT molecular complexity index is 916. The number of carbonyl (C=O) groups excluding carboxylic acids is 2. The summed E-state index contributed by atoms with van der Waals surface area (Å²) in [6, 6.07) is 11.4. The molecule has 7 nitrogen and oxygen atoms in total. The molecule has 2 aromatic carbocycles. The molecule has 0 saturated heterocycles. The van der Waals surface area contributed by atoms with E-state index in [4.69, 9.17) is 9.94 Å². The van der Waals surface area contributed by atoms with Crippen LogP contribution in [0, 0.1) is 11.7 Å². The van der Waals surface area contributed by atoms with E-state index in [1.807, 2.05) is 6.07 Å². The van der Waals surface area contributed by atoms with Crippen molar-refractivity contribution in [3.05, 3.63) is 65.0 Å². The van der Waals surface area contributed by atoms with Gasteiger partial charge in [-0.25, -0.2) is 9.87 Å². The SMILES string of the molecule is O=C(NCCCO)c1cc(CNc2ccccc2C(=O)NOCC2CCCC2)ccc1F. The molecule has 0 aromatic heterocycles. The van der Waals surface area contributed by atoms with E-state index in [2.05, 4.69) is 16.1 Å². The van der Waals surface area contributed by atoms with Crippen LogP contribution in [0.1, 0.15) is 58.4 Å². The average molecular weight is 444 g/mol. The van der Waals surface area contributed by atoms with Crippen LogP contribution in [0.15, 0.2) is 42.5 Å². The molecule has 2 amide bonds. The smallest absolute Gasteiger partial charge is 0.276 e. The molecule has 0 heterocycles. The van der Waals surface area contributed by atoms with Crippen LogP contribution < -0.4 is 16.1 Å². The first kappa shape index (κ1) is 23.7. The molecule has 3 rings (SSSR count). The maximum Gasteiger partial charge on any atom is 0.276 e. The highest BCUT2D eigenvalue weighted by molar-refractivity contribution is 5.99. The van der Waals surface area contributed by atoms with Gasteiger partial charge in [0.15, 0.2) is 0 Å². The number of benzene rings is 2. The van der Waals surface area contributed by atoms with Gasteiger partial charge in [-0.3, -0.25) is 14.4 Å². The number of aliphatic hydroxyl groups excluding tert-OH is 1. The summed E-state index contributed by atoms with van der Waals surface area (Å²) in [5.74, 6) is -0.988. The van der Waals surface area contributed by atoms with Gasteiger partial charge >= 0.3 is 0 Å². The van der Waals surface area contributed by atoms with Crippen molar-refractivity contribution in [2.45, 2.75) is 38.6 Å². The Labute approximate surface area is 187 Å². The van der Waals surface area contributed by atoms with E-state index >= 15 is 0 Å². The summed E-state index contributed by atoms with van der Waals surface area (Å²) >= 11 is 0. The minimum Gasteiger partial charge on any atom is -0.396 e. The van der Waals surface area contributed by atoms with Gasteiger partial charge in [0.25, 0.3) is 11.8 Å². The minimum atomic E-state index is -0.616. The maximum absolute atomic E-state index is 14.1. The average Bonchev–Trinajstić information content (AvgIpc) is 3.32. The van der Waals surface area contributed by atoms with Crippen molar-refractivity contribution < 1.29 is 23.9 Å². The molecule has 0 radical (unpaired) electrons. The van der Waals surface area contributed by atoms with Gasteiger partial charge in [-0.15, -0.1) is 0 Å². The third-order valence-corrected chi connectivity index (χ3v) is 5.51. The highest BCUT2D eigenvalue weighted by atomic mass is 19.1. The van der Waals surface area contributed by atoms with E-state index in [9.17, 15) is 14.0 Å². The lowest BCUT2D eigenvalue weighted by Crippen LogP contribution is -2.27. The molecule has 172 valence electrons. The molecular formula is C24H30FN3O4. The largest absolute Gasteiger partial charge is 0.396 e. The van der Waals surface area contributed by atoms with Crippen LogP contribution in [0.4, 0.5) is 10.1 Å². The van der Waals surface area contributed by atoms with Crippen LogP contribution in [-0.4, -0.2) is 36.7 Å². The maximum atomic E-state index is 14.1. The molecule has 1 saturated carbocycles. The second kappa shape index (κ2) is 12.2. The Hall–Kier alpha value is -2.97. The molecule has 0 unspecified atom stereocenters. The molecule has 0 atom stereocenters. The summed E-state index contributed by atoms with van der Waals surface area (Å²) in [7, 11) is 0. The van der Waals surface area contributed by atoms with Gasteiger partial charge in [0.1, 0.15) is 5.82 Å². The molecule has 4 N–H and O–H groups in total. The van der Waals surface area contributed by atoms with Gasteiger partial charge in [-0.2, -0.15) is 0 Å². The number of hydroxylamine groups is 1. The number of rotatable bonds is 11. The number of amides is 2. The first-order valence-electron chi connectivity index (χ1n) is 11.0. The molecule has 0 bridgehead atoms. The Balaban J connectivity index is 1.59. The number of para-hydroxylation sites is 1. The molecule has 1 aliphatic carbocycles. The van der Waals surface area contributed by atoms with Crippen LogP contribution in [0.25, 0.3) is 0 Å². The van der Waals surface area contributed by atoms with E-state index in [0.717, 1.165) is 12.8 Å². The van der Waals surface area contributed by atoms with E-state index in [1.165, 1.54) is 25.0 Å². The van der Waals surface area contributed by atoms with E-state index in [0.29, 0.717) is 42.3 Å². The van der Waals surface area contributed by atoms with Gasteiger partial charge in [-0.05, 0) is 55.0 Å². The molecule has 32 heavy (non-hydrogen) atoms. The quantitative estimate of drug-likeness (QED) is 0.315. The fourth-order valence-electron chi connectivity index (χ4n) is 3.72. The first-order valence-corrected chi connectivity index (χ1v) is 11.0. The standard InChI is InChI=1S/C24H30FN3O4/c25-21-11-10-18(14-20(21)23(30)26-12-5-13-29)15-27-22-9-4-3-8-19(22)24(31)28-32-16-17-6-1-2-7-17/h3-4,8-11,14,17,27,29H,1-2,5-7,12-13,15-16H2,(H,26,30)(H,28,31). The zero-order chi connectivity index (χ0) is 22.8. The number of carbonyl (C=O) groups is 2. The van der Waals surface area contributed by atoms with Crippen molar-refractivity contribution in [2.24, 2.45) is 5.92 Å². The van der Waals surface area contributed by atoms with Crippen molar-refractivity contribution in [3.8, 4) is 0 Å². The number of nitrogens with one attached hydrogen (secondary N) is 3. The molecule has 2 aromatic rings. The highest BCUT2D eigenvalue weighted by Crippen LogP contribution is 2.24. The van der Waals surface area contributed by atoms with Crippen molar-refractivity contribution in [1.82, 2.24) is 10.8 Å². The molecule has 8 heteroatoms. The van der Waals surface area contributed by atoms with E-state index in [-0.39, 0.29) is 24.6 Å². The lowest BCUT2D eigenvalue weighted by Gasteiger charge is -2.14. The zero-order valence-electron chi connectivity index (χ0n) is 18.0. The molecule has 0 aliphatic heterocycles. The number of halogens is 1. The van der Waals surface area contributed by atoms with Crippen molar-refractivity contribution >= 4 is 17.5 Å². The third-order valence-electron chi connectivity index (χ3n) is 5.51. The van der Waals surface area contributed by atoms with Gasteiger partial charge in [0.2, 0.25) is 0 Å². The zero-order valence-corrected chi connectivity index (χ0v) is 18.0. The lowest BCUT2D eigenvalue weighted by molar-refractivity contribution is 0.0172. The summed E-state index contributed by atoms with van der Waals surface area (Å²) in [5, 5.41) is 14.6. The second-order valence-corrected chi connectivity index (χ2v) is 7.94. The van der Waals surface area contributed by atoms with Crippen LogP contribution in [-0.2, 0) is 11.4 Å². The minimum absolute atomic E-state index is 0.0503. The topological polar surface area (TPSA) is 99.7 Å². The van der Waals surface area contributed by atoms with Gasteiger partial charge < -0.3 is 15.7 Å². The predicted molar refractivity (Wildman–Crippen MR) is 120 cm³/mol. The Morgan fingerprint density at radius 3 is 2.62 bits per heavy atom. The van der Waals surface area contributed by atoms with Gasteiger partial charge in [0.05, 0.1) is 17.7 Å². The summed E-state index contributed by atoms with van der Waals surface area (Å²) < 4.78 is 14.1. The van der Waals surface area contributed by atoms with Crippen LogP contribution >= 0.6 is 0 Å². The fourth-order valence-corrected chi connectivity index (χ4v) is 3.72. The summed E-state index contributed by atoms with van der Waals surface area (Å²) in [6.07, 6.45) is 5.09. The predicted octanol–water partition coefficient (Wildman–Crippen LogP) is 3.40. The van der Waals surface area contributed by atoms with Gasteiger partial charge in [0, 0.05) is 25.4 Å². The molecule has 1 aliphatic rings. The van der Waals surface area contributed by atoms with Crippen LogP contribution in [0.3, 0.4) is 0 Å². The van der Waals surface area contributed by atoms with E-state index in [1.54, 1.807) is 24.3 Å². The van der Waals surface area contributed by atoms with Crippen molar-refractivity contribution in [2.75, 3.05) is 25.1 Å².